The number of aliphatic carboxylic acids is 2. The summed E-state index contributed by atoms with van der Waals surface area (Å²) in [5.41, 5.74) is 9.81. The zero-order valence-electron chi connectivity index (χ0n) is 7.77. The number of primary amides is 1. The minimum atomic E-state index is -1.11. The summed E-state index contributed by atoms with van der Waals surface area (Å²) >= 11 is 0. The average molecular weight is 206 g/mol. The van der Waals surface area contributed by atoms with Crippen LogP contribution in [0.4, 0.5) is 0 Å². The lowest BCUT2D eigenvalue weighted by Gasteiger charge is -2.01. The fourth-order valence-electron chi connectivity index (χ4n) is 0.421. The van der Waals surface area contributed by atoms with Gasteiger partial charge >= 0.3 is 5.97 Å². The summed E-state index contributed by atoms with van der Waals surface area (Å²) in [6.45, 7) is 1.08. The van der Waals surface area contributed by atoms with Gasteiger partial charge in [0.1, 0.15) is 6.04 Å². The van der Waals surface area contributed by atoms with Crippen LogP contribution in [-0.2, 0) is 14.4 Å². The van der Waals surface area contributed by atoms with E-state index in [9.17, 15) is 9.59 Å². The van der Waals surface area contributed by atoms with Crippen LogP contribution in [0.3, 0.4) is 0 Å². The van der Waals surface area contributed by atoms with Gasteiger partial charge in [-0.2, -0.15) is 0 Å². The molecule has 0 unspecified atom stereocenters. The monoisotopic (exact) mass is 206 g/mol. The van der Waals surface area contributed by atoms with Crippen molar-refractivity contribution in [2.45, 2.75) is 25.8 Å². The van der Waals surface area contributed by atoms with Crippen LogP contribution in [-0.4, -0.2) is 34.1 Å². The predicted molar refractivity (Wildman–Crippen MR) is 47.3 cm³/mol. The third-order valence-electron chi connectivity index (χ3n) is 1.02. The van der Waals surface area contributed by atoms with E-state index in [1.165, 1.54) is 0 Å². The molecule has 7 heteroatoms. The second kappa shape index (κ2) is 7.99. The van der Waals surface area contributed by atoms with Gasteiger partial charge in [-0.1, -0.05) is 0 Å². The molecule has 0 radical (unpaired) electrons. The Morgan fingerprint density at radius 3 is 1.86 bits per heavy atom. The molecule has 0 aliphatic carbocycles. The maximum Gasteiger partial charge on any atom is 0.320 e. The van der Waals surface area contributed by atoms with Crippen LogP contribution < -0.4 is 11.5 Å². The molecule has 1 atom stereocenters. The van der Waals surface area contributed by atoms with E-state index in [0.29, 0.717) is 0 Å². The van der Waals surface area contributed by atoms with Crippen molar-refractivity contribution in [1.82, 2.24) is 0 Å². The summed E-state index contributed by atoms with van der Waals surface area (Å²) in [5.74, 6) is -2.47. The SMILES string of the molecule is CC(=O)O.NC(=O)CC[C@H](N)C(=O)O. The van der Waals surface area contributed by atoms with Crippen LogP contribution in [0.2, 0.25) is 0 Å². The van der Waals surface area contributed by atoms with Crippen molar-refractivity contribution < 1.29 is 24.6 Å². The average Bonchev–Trinajstić information content (AvgIpc) is 1.98. The molecule has 0 heterocycles. The number of carboxylic acid groups (broad SMARTS) is 2. The molecule has 0 aliphatic heterocycles. The second-order valence-electron chi connectivity index (χ2n) is 2.47. The third kappa shape index (κ3) is 16.8. The van der Waals surface area contributed by atoms with Crippen molar-refractivity contribution >= 4 is 17.8 Å². The maximum absolute atomic E-state index is 10.1. The molecular weight excluding hydrogens is 192 g/mol. The molecule has 0 aromatic heterocycles. The van der Waals surface area contributed by atoms with Gasteiger partial charge in [0.25, 0.3) is 5.97 Å². The zero-order valence-corrected chi connectivity index (χ0v) is 7.77. The minimum absolute atomic E-state index is 0.0213. The Kier molecular flexibility index (Phi) is 8.49. The molecule has 0 aliphatic rings. The highest BCUT2D eigenvalue weighted by atomic mass is 16.4. The largest absolute Gasteiger partial charge is 0.481 e. The van der Waals surface area contributed by atoms with E-state index in [-0.39, 0.29) is 12.8 Å². The molecule has 0 saturated heterocycles. The topological polar surface area (TPSA) is 144 Å². The summed E-state index contributed by atoms with van der Waals surface area (Å²) in [7, 11) is 0. The van der Waals surface area contributed by atoms with Crippen LogP contribution in [0.25, 0.3) is 0 Å². The van der Waals surface area contributed by atoms with E-state index < -0.39 is 23.9 Å². The van der Waals surface area contributed by atoms with Gasteiger partial charge in [-0.15, -0.1) is 0 Å². The molecule has 0 saturated carbocycles. The van der Waals surface area contributed by atoms with E-state index in [4.69, 9.17) is 26.5 Å². The fraction of sp³-hybridized carbons (Fsp3) is 0.571. The smallest absolute Gasteiger partial charge is 0.320 e. The first-order valence-corrected chi connectivity index (χ1v) is 3.73. The van der Waals surface area contributed by atoms with Crippen LogP contribution in [0.1, 0.15) is 19.8 Å². The molecule has 14 heavy (non-hydrogen) atoms. The number of hydrogen-bond acceptors (Lipinski definition) is 4. The Hall–Kier alpha value is -1.63. The summed E-state index contributed by atoms with van der Waals surface area (Å²) in [6, 6.07) is -0.979. The molecule has 6 N–H and O–H groups in total. The summed E-state index contributed by atoms with van der Waals surface area (Å²) < 4.78 is 0. The number of rotatable bonds is 4. The van der Waals surface area contributed by atoms with E-state index in [1.807, 2.05) is 0 Å². The fourth-order valence-corrected chi connectivity index (χ4v) is 0.421. The molecule has 7 nitrogen and oxygen atoms in total. The Morgan fingerprint density at radius 1 is 1.29 bits per heavy atom. The van der Waals surface area contributed by atoms with Gasteiger partial charge in [0.15, 0.2) is 0 Å². The van der Waals surface area contributed by atoms with Gasteiger partial charge in [0.2, 0.25) is 5.91 Å². The molecule has 0 aromatic rings. The summed E-state index contributed by atoms with van der Waals surface area (Å²) in [6.07, 6.45) is 0.123. The van der Waals surface area contributed by atoms with E-state index in [0.717, 1.165) is 6.92 Å². The van der Waals surface area contributed by atoms with Crippen molar-refractivity contribution in [2.24, 2.45) is 11.5 Å². The number of carboxylic acids is 2. The molecule has 1 amide bonds. The number of hydrogen-bond donors (Lipinski definition) is 4. The number of carbonyl (C=O) groups excluding carboxylic acids is 1. The molecule has 0 fully saturated rings. The van der Waals surface area contributed by atoms with E-state index >= 15 is 0 Å². The first kappa shape index (κ1) is 14.9. The van der Waals surface area contributed by atoms with Gasteiger partial charge in [-0.3, -0.25) is 14.4 Å². The van der Waals surface area contributed by atoms with Gasteiger partial charge in [0.05, 0.1) is 0 Å². The molecule has 0 spiro atoms. The Labute approximate surface area is 80.7 Å². The van der Waals surface area contributed by atoms with Crippen LogP contribution in [0.15, 0.2) is 0 Å². The van der Waals surface area contributed by atoms with Crippen LogP contribution in [0.5, 0.6) is 0 Å². The first-order valence-electron chi connectivity index (χ1n) is 3.73. The van der Waals surface area contributed by atoms with Crippen LogP contribution in [0, 0.1) is 0 Å². The maximum atomic E-state index is 10.1. The highest BCUT2D eigenvalue weighted by Gasteiger charge is 2.11. The predicted octanol–water partition coefficient (Wildman–Crippen LogP) is -1.25. The van der Waals surface area contributed by atoms with Crippen molar-refractivity contribution in [3.05, 3.63) is 0 Å². The van der Waals surface area contributed by atoms with Crippen molar-refractivity contribution in [2.75, 3.05) is 0 Å². The lowest BCUT2D eigenvalue weighted by atomic mass is 10.2. The Morgan fingerprint density at radius 2 is 1.64 bits per heavy atom. The molecule has 82 valence electrons. The number of nitrogens with two attached hydrogens (primary N) is 2. The summed E-state index contributed by atoms with van der Waals surface area (Å²) in [5, 5.41) is 15.6. The molecule has 0 bridgehead atoms. The first-order chi connectivity index (χ1) is 6.27. The Balaban J connectivity index is 0. The minimum Gasteiger partial charge on any atom is -0.481 e. The van der Waals surface area contributed by atoms with Crippen LogP contribution >= 0.6 is 0 Å². The number of carbonyl (C=O) groups is 3. The van der Waals surface area contributed by atoms with Gasteiger partial charge < -0.3 is 21.7 Å². The van der Waals surface area contributed by atoms with E-state index in [2.05, 4.69) is 0 Å². The zero-order chi connectivity index (χ0) is 11.7. The summed E-state index contributed by atoms with van der Waals surface area (Å²) in [4.78, 5) is 29.1. The normalized spacial score (nSPS) is 10.7. The Bertz CT molecular complexity index is 212. The van der Waals surface area contributed by atoms with E-state index in [1.54, 1.807) is 0 Å². The molecular formula is C7H14N2O5. The lowest BCUT2D eigenvalue weighted by Crippen LogP contribution is -2.31. The van der Waals surface area contributed by atoms with Gasteiger partial charge in [-0.05, 0) is 6.42 Å². The third-order valence-corrected chi connectivity index (χ3v) is 1.02. The van der Waals surface area contributed by atoms with Gasteiger partial charge in [0, 0.05) is 13.3 Å². The highest BCUT2D eigenvalue weighted by Crippen LogP contribution is 1.92. The van der Waals surface area contributed by atoms with Crippen molar-refractivity contribution in [3.63, 3.8) is 0 Å². The van der Waals surface area contributed by atoms with Gasteiger partial charge in [-0.25, -0.2) is 0 Å². The molecule has 0 aromatic carbocycles. The van der Waals surface area contributed by atoms with Crippen molar-refractivity contribution in [3.8, 4) is 0 Å². The lowest BCUT2D eigenvalue weighted by molar-refractivity contribution is -0.139. The standard InChI is InChI=1S/C5H10N2O3.C2H4O2/c6-3(5(9)10)1-2-4(7)8;1-2(3)4/h3H,1-2,6H2,(H2,7,8)(H,9,10);1H3,(H,3,4)/t3-;/m0./s1. The second-order valence-corrected chi connectivity index (χ2v) is 2.47. The number of amides is 1. The molecule has 0 rings (SSSR count). The quantitative estimate of drug-likeness (QED) is 0.452. The highest BCUT2D eigenvalue weighted by molar-refractivity contribution is 5.76. The van der Waals surface area contributed by atoms with Crippen molar-refractivity contribution in [1.29, 1.82) is 0 Å².